The molecule has 4 aliphatic rings. The number of nitrogens with one attached hydrogen (secondary N) is 1. The van der Waals surface area contributed by atoms with Crippen LogP contribution in [0.5, 0.6) is 5.75 Å². The molecule has 7 atom stereocenters. The molecule has 6 unspecified atom stereocenters. The van der Waals surface area contributed by atoms with Crippen molar-refractivity contribution in [1.82, 2.24) is 4.98 Å². The van der Waals surface area contributed by atoms with Gasteiger partial charge < -0.3 is 9.72 Å². The average molecular weight is 612 g/mol. The second-order valence-electron chi connectivity index (χ2n) is 11.6. The number of hydrogen-bond donors (Lipinski definition) is 1. The molecule has 4 aromatic rings. The first-order valence-electron chi connectivity index (χ1n) is 14.2. The summed E-state index contributed by atoms with van der Waals surface area (Å²) in [5, 5.41) is 12.1. The largest absolute Gasteiger partial charge is 0.489 e. The third kappa shape index (κ3) is 4.09. The number of thiazole rings is 1. The summed E-state index contributed by atoms with van der Waals surface area (Å²) in [6.45, 7) is 0.461. The zero-order valence-electron chi connectivity index (χ0n) is 22.6. The Morgan fingerprint density at radius 2 is 1.60 bits per heavy atom. The fourth-order valence-electron chi connectivity index (χ4n) is 7.88. The number of fused-ring (bicyclic) bond motifs is 9. The number of H-pyrrole nitrogens is 1. The topological polar surface area (TPSA) is 123 Å². The molecule has 9 nitrogen and oxygen atoms in total. The van der Waals surface area contributed by atoms with Gasteiger partial charge in [-0.3, -0.25) is 29.4 Å². The lowest BCUT2D eigenvalue weighted by Crippen LogP contribution is -2.42. The lowest BCUT2D eigenvalue weighted by atomic mass is 9.68. The van der Waals surface area contributed by atoms with E-state index in [1.54, 1.807) is 11.8 Å². The van der Waals surface area contributed by atoms with Crippen molar-refractivity contribution >= 4 is 46.3 Å². The summed E-state index contributed by atoms with van der Waals surface area (Å²) in [4.78, 5) is 56.0. The van der Waals surface area contributed by atoms with Crippen LogP contribution in [0.1, 0.15) is 28.3 Å². The van der Waals surface area contributed by atoms with E-state index in [9.17, 15) is 24.5 Å². The minimum atomic E-state index is -0.501. The number of nitro groups is 1. The smallest absolute Gasteiger partial charge is 0.305 e. The van der Waals surface area contributed by atoms with E-state index in [0.29, 0.717) is 12.3 Å². The number of aromatic nitrogens is 1. The van der Waals surface area contributed by atoms with E-state index in [-0.39, 0.29) is 51.3 Å². The molecule has 2 amide bonds. The number of aromatic amines is 1. The number of benzene rings is 3. The molecule has 2 aliphatic carbocycles. The van der Waals surface area contributed by atoms with Crippen LogP contribution >= 0.6 is 23.1 Å². The number of ether oxygens (including phenoxy) is 1. The molecule has 1 N–H and O–H groups in total. The van der Waals surface area contributed by atoms with Gasteiger partial charge in [0.15, 0.2) is 0 Å². The summed E-state index contributed by atoms with van der Waals surface area (Å²) in [6.07, 6.45) is 0.789. The first-order chi connectivity index (χ1) is 20.9. The van der Waals surface area contributed by atoms with Crippen molar-refractivity contribution < 1.29 is 19.2 Å². The van der Waals surface area contributed by atoms with Crippen molar-refractivity contribution in [3.05, 3.63) is 115 Å². The number of carbonyl (C=O) groups excluding carboxylic acids is 2. The monoisotopic (exact) mass is 611 g/mol. The van der Waals surface area contributed by atoms with Gasteiger partial charge in [-0.25, -0.2) is 0 Å². The summed E-state index contributed by atoms with van der Waals surface area (Å²) in [5.41, 5.74) is 2.42. The highest BCUT2D eigenvalue weighted by Gasteiger charge is 2.69. The molecule has 2 saturated carbocycles. The molecule has 3 heterocycles. The van der Waals surface area contributed by atoms with E-state index < -0.39 is 16.8 Å². The molecule has 8 rings (SSSR count). The van der Waals surface area contributed by atoms with Crippen LogP contribution < -0.4 is 14.5 Å². The molecular weight excluding hydrogens is 587 g/mol. The van der Waals surface area contributed by atoms with E-state index in [1.807, 2.05) is 42.5 Å². The molecular formula is C32H25N3O6S2. The van der Waals surface area contributed by atoms with Gasteiger partial charge in [-0.1, -0.05) is 53.8 Å². The lowest BCUT2D eigenvalue weighted by molar-refractivity contribution is -0.384. The minimum absolute atomic E-state index is 0.00275. The van der Waals surface area contributed by atoms with Crippen LogP contribution in [0, 0.1) is 39.7 Å². The minimum Gasteiger partial charge on any atom is -0.489 e. The number of nitrogens with zero attached hydrogens (tertiary/aromatic N) is 2. The summed E-state index contributed by atoms with van der Waals surface area (Å²) >= 11 is 2.87. The third-order valence-electron chi connectivity index (χ3n) is 9.53. The molecule has 2 bridgehead atoms. The van der Waals surface area contributed by atoms with Gasteiger partial charge in [0.25, 0.3) is 5.69 Å². The van der Waals surface area contributed by atoms with Gasteiger partial charge in [0.05, 0.1) is 27.5 Å². The predicted octanol–water partition coefficient (Wildman–Crippen LogP) is 5.60. The van der Waals surface area contributed by atoms with Gasteiger partial charge in [-0.05, 0) is 59.6 Å². The number of thioether (sulfide) groups is 1. The molecule has 1 saturated heterocycles. The number of rotatable bonds is 6. The summed E-state index contributed by atoms with van der Waals surface area (Å²) in [5.74, 6) is -0.591. The molecule has 43 heavy (non-hydrogen) atoms. The second-order valence-corrected chi connectivity index (χ2v) is 13.8. The number of anilines is 1. The van der Waals surface area contributed by atoms with Crippen LogP contribution in [0.25, 0.3) is 0 Å². The number of carbonyl (C=O) groups is 2. The summed E-state index contributed by atoms with van der Waals surface area (Å²) in [6, 6.07) is 23.6. The van der Waals surface area contributed by atoms with Crippen LogP contribution in [0.4, 0.5) is 11.4 Å². The number of nitro benzene ring substituents is 1. The SMILES string of the molecule is O=C1C2C3CC(C2C(=O)N1c1ccc([N+](=O)[O-])cc1)C1C3Sc2[nH]c(=O)sc2[C@@H]1c1ccc(OCc2ccccc2)cc1. The van der Waals surface area contributed by atoms with Crippen molar-refractivity contribution in [1.29, 1.82) is 0 Å². The molecule has 3 aromatic carbocycles. The Balaban J connectivity index is 1.11. The first-order valence-corrected chi connectivity index (χ1v) is 15.9. The fourth-order valence-corrected chi connectivity index (χ4v) is 10.8. The number of hydrogen-bond acceptors (Lipinski definition) is 8. The van der Waals surface area contributed by atoms with Gasteiger partial charge in [0.1, 0.15) is 12.4 Å². The normalized spacial score (nSPS) is 28.5. The van der Waals surface area contributed by atoms with Crippen LogP contribution in [-0.2, 0) is 16.2 Å². The number of non-ortho nitro benzene ring substituents is 1. The number of imide groups is 1. The maximum atomic E-state index is 13.9. The van der Waals surface area contributed by atoms with Crippen LogP contribution in [0.15, 0.2) is 88.7 Å². The van der Waals surface area contributed by atoms with Crippen molar-refractivity contribution in [2.75, 3.05) is 4.90 Å². The van der Waals surface area contributed by atoms with Gasteiger partial charge in [0.2, 0.25) is 11.8 Å². The molecule has 0 radical (unpaired) electrons. The quantitative estimate of drug-likeness (QED) is 0.171. The van der Waals surface area contributed by atoms with Crippen LogP contribution in [-0.4, -0.2) is 27.0 Å². The maximum Gasteiger partial charge on any atom is 0.305 e. The first kappa shape index (κ1) is 26.4. The Kier molecular flexibility index (Phi) is 6.09. The fraction of sp³-hybridized carbons (Fsp3) is 0.281. The Labute approximate surface area is 254 Å². The predicted molar refractivity (Wildman–Crippen MR) is 161 cm³/mol. The van der Waals surface area contributed by atoms with Gasteiger partial charge in [0, 0.05) is 28.2 Å². The van der Waals surface area contributed by atoms with Crippen molar-refractivity contribution in [2.45, 2.75) is 29.2 Å². The van der Waals surface area contributed by atoms with Crippen molar-refractivity contribution in [2.24, 2.45) is 29.6 Å². The molecule has 216 valence electrons. The Bertz CT molecular complexity index is 1820. The lowest BCUT2D eigenvalue weighted by Gasteiger charge is -2.43. The third-order valence-corrected chi connectivity index (χ3v) is 12.1. The maximum absolute atomic E-state index is 13.9. The molecule has 3 fully saturated rings. The average Bonchev–Trinajstić information content (AvgIpc) is 3.76. The van der Waals surface area contributed by atoms with E-state index >= 15 is 0 Å². The molecule has 2 aliphatic heterocycles. The van der Waals surface area contributed by atoms with E-state index in [4.69, 9.17) is 4.74 Å². The number of amides is 2. The summed E-state index contributed by atoms with van der Waals surface area (Å²) in [7, 11) is 0. The Hall–Kier alpha value is -4.22. The zero-order chi connectivity index (χ0) is 29.4. The summed E-state index contributed by atoms with van der Waals surface area (Å²) < 4.78 is 6.02. The van der Waals surface area contributed by atoms with Crippen LogP contribution in [0.3, 0.4) is 0 Å². The standard InChI is InChI=1S/C32H25N3O6S2/c36-30-25-21-14-22(26(25)31(37)34(30)18-8-10-19(11-9-18)35(39)40)27-24(21)23(28-29(42-27)33-32(38)43-28)17-6-12-20(13-7-17)41-15-16-4-2-1-3-5-16/h1-13,21-27H,14-15H2,(H,33,38)/t21?,22?,23-,24?,25?,26?,27?/m1/s1. The second kappa shape index (κ2) is 9.92. The molecule has 11 heteroatoms. The van der Waals surface area contributed by atoms with E-state index in [1.165, 1.54) is 40.5 Å². The van der Waals surface area contributed by atoms with Crippen LogP contribution in [0.2, 0.25) is 0 Å². The Morgan fingerprint density at radius 3 is 2.30 bits per heavy atom. The van der Waals surface area contributed by atoms with Crippen molar-refractivity contribution in [3.63, 3.8) is 0 Å². The zero-order valence-corrected chi connectivity index (χ0v) is 24.3. The van der Waals surface area contributed by atoms with Gasteiger partial charge in [-0.2, -0.15) is 0 Å². The van der Waals surface area contributed by atoms with Gasteiger partial charge in [-0.15, -0.1) is 11.8 Å². The highest BCUT2D eigenvalue weighted by atomic mass is 32.2. The van der Waals surface area contributed by atoms with E-state index in [0.717, 1.165) is 33.2 Å². The van der Waals surface area contributed by atoms with Crippen molar-refractivity contribution in [3.8, 4) is 5.75 Å². The van der Waals surface area contributed by atoms with E-state index in [2.05, 4.69) is 17.1 Å². The highest BCUT2D eigenvalue weighted by molar-refractivity contribution is 8.00. The van der Waals surface area contributed by atoms with Gasteiger partial charge >= 0.3 is 4.87 Å². The Morgan fingerprint density at radius 1 is 0.907 bits per heavy atom. The molecule has 0 spiro atoms. The molecule has 1 aromatic heterocycles. The highest BCUT2D eigenvalue weighted by Crippen LogP contribution is 2.68.